The minimum atomic E-state index is -0.0948. The van der Waals surface area contributed by atoms with Crippen LogP contribution >= 0.6 is 27.7 Å². The highest BCUT2D eigenvalue weighted by Crippen LogP contribution is 2.27. The number of amides is 1. The number of rotatable bonds is 5. The van der Waals surface area contributed by atoms with Crippen LogP contribution < -0.4 is 5.32 Å². The van der Waals surface area contributed by atoms with E-state index in [1.807, 2.05) is 31.2 Å². The maximum absolute atomic E-state index is 12.1. The minimum Gasteiger partial charge on any atom is -0.431 e. The topological polar surface area (TPSA) is 55.1 Å². The Bertz CT molecular complexity index is 953. The first kappa shape index (κ1) is 18.7. The first-order chi connectivity index (χ1) is 12.4. The van der Waals surface area contributed by atoms with E-state index in [0.29, 0.717) is 11.0 Å². The lowest BCUT2D eigenvalue weighted by molar-refractivity contribution is -0.113. The number of oxazole rings is 1. The molecule has 134 valence electrons. The molecule has 0 atom stereocenters. The van der Waals surface area contributed by atoms with Crippen molar-refractivity contribution in [1.29, 1.82) is 0 Å². The highest BCUT2D eigenvalue weighted by atomic mass is 79.9. The van der Waals surface area contributed by atoms with Crippen molar-refractivity contribution in [1.82, 2.24) is 4.98 Å². The standard InChI is InChI=1S/C20H19BrN2O2S/c1-12-4-5-15(8-13(12)2)18-10-22-20(25-18)26-11-19(24)23-16-6-7-17(21)14(3)9-16/h4-10H,11H2,1-3H3,(H,23,24). The summed E-state index contributed by atoms with van der Waals surface area (Å²) in [5.74, 6) is 0.851. The summed E-state index contributed by atoms with van der Waals surface area (Å²) >= 11 is 4.73. The molecule has 26 heavy (non-hydrogen) atoms. The van der Waals surface area contributed by atoms with Gasteiger partial charge in [0.15, 0.2) is 5.76 Å². The Morgan fingerprint density at radius 1 is 1.12 bits per heavy atom. The second-order valence-electron chi connectivity index (χ2n) is 6.09. The number of thioether (sulfide) groups is 1. The van der Waals surface area contributed by atoms with Gasteiger partial charge in [-0.3, -0.25) is 4.79 Å². The van der Waals surface area contributed by atoms with Gasteiger partial charge in [-0.2, -0.15) is 0 Å². The molecule has 0 spiro atoms. The van der Waals surface area contributed by atoms with Crippen LogP contribution in [0.15, 0.2) is 56.7 Å². The average Bonchev–Trinajstić information content (AvgIpc) is 3.08. The fourth-order valence-electron chi connectivity index (χ4n) is 2.40. The Morgan fingerprint density at radius 3 is 2.65 bits per heavy atom. The zero-order valence-electron chi connectivity index (χ0n) is 14.8. The van der Waals surface area contributed by atoms with E-state index in [9.17, 15) is 4.79 Å². The Balaban J connectivity index is 1.59. The van der Waals surface area contributed by atoms with Crippen LogP contribution in [-0.4, -0.2) is 16.6 Å². The average molecular weight is 431 g/mol. The molecule has 0 aliphatic heterocycles. The van der Waals surface area contributed by atoms with Crippen molar-refractivity contribution in [3.8, 4) is 11.3 Å². The number of carbonyl (C=O) groups excluding carboxylic acids is 1. The molecule has 6 heteroatoms. The van der Waals surface area contributed by atoms with Gasteiger partial charge in [0.25, 0.3) is 5.22 Å². The molecule has 4 nitrogen and oxygen atoms in total. The first-order valence-electron chi connectivity index (χ1n) is 8.14. The summed E-state index contributed by atoms with van der Waals surface area (Å²) in [7, 11) is 0. The van der Waals surface area contributed by atoms with Crippen LogP contribution in [0.1, 0.15) is 16.7 Å². The number of nitrogens with zero attached hydrogens (tertiary/aromatic N) is 1. The van der Waals surface area contributed by atoms with Gasteiger partial charge in [0.05, 0.1) is 11.9 Å². The van der Waals surface area contributed by atoms with Gasteiger partial charge in [-0.15, -0.1) is 0 Å². The second kappa shape index (κ2) is 8.10. The number of benzene rings is 2. The normalized spacial score (nSPS) is 10.8. The summed E-state index contributed by atoms with van der Waals surface area (Å²) in [5, 5.41) is 3.37. The van der Waals surface area contributed by atoms with Crippen LogP contribution in [0.3, 0.4) is 0 Å². The van der Waals surface area contributed by atoms with Crippen LogP contribution in [0.25, 0.3) is 11.3 Å². The molecule has 1 N–H and O–H groups in total. The van der Waals surface area contributed by atoms with E-state index >= 15 is 0 Å². The third-order valence-corrected chi connectivity index (χ3v) is 5.78. The van der Waals surface area contributed by atoms with Crippen molar-refractivity contribution < 1.29 is 9.21 Å². The number of anilines is 1. The van der Waals surface area contributed by atoms with Crippen molar-refractivity contribution in [2.45, 2.75) is 26.0 Å². The Hall–Kier alpha value is -2.05. The molecule has 1 amide bonds. The van der Waals surface area contributed by atoms with Crippen LogP contribution in [0, 0.1) is 20.8 Å². The number of nitrogens with one attached hydrogen (secondary N) is 1. The second-order valence-corrected chi connectivity index (χ2v) is 7.87. The maximum Gasteiger partial charge on any atom is 0.256 e. The molecule has 0 unspecified atom stereocenters. The van der Waals surface area contributed by atoms with Gasteiger partial charge in [0.1, 0.15) is 0 Å². The largest absolute Gasteiger partial charge is 0.431 e. The van der Waals surface area contributed by atoms with Crippen molar-refractivity contribution in [2.24, 2.45) is 0 Å². The van der Waals surface area contributed by atoms with E-state index in [2.05, 4.69) is 52.2 Å². The fraction of sp³-hybridized carbons (Fsp3) is 0.200. The first-order valence-corrected chi connectivity index (χ1v) is 9.92. The Morgan fingerprint density at radius 2 is 1.92 bits per heavy atom. The number of aryl methyl sites for hydroxylation is 3. The quantitative estimate of drug-likeness (QED) is 0.522. The summed E-state index contributed by atoms with van der Waals surface area (Å²) < 4.78 is 6.78. The summed E-state index contributed by atoms with van der Waals surface area (Å²) in [6.45, 7) is 6.13. The van der Waals surface area contributed by atoms with Crippen LogP contribution in [0.5, 0.6) is 0 Å². The SMILES string of the molecule is Cc1ccc(-c2cnc(SCC(=O)Nc3ccc(Br)c(C)c3)o2)cc1C. The van der Waals surface area contributed by atoms with E-state index in [-0.39, 0.29) is 11.7 Å². The van der Waals surface area contributed by atoms with Crippen LogP contribution in [0.2, 0.25) is 0 Å². The van der Waals surface area contributed by atoms with Crippen molar-refractivity contribution in [3.05, 3.63) is 63.8 Å². The minimum absolute atomic E-state index is 0.0948. The third-order valence-electron chi connectivity index (χ3n) is 4.04. The predicted octanol–water partition coefficient (Wildman–Crippen LogP) is 5.76. The molecular formula is C20H19BrN2O2S. The van der Waals surface area contributed by atoms with Crippen molar-refractivity contribution in [2.75, 3.05) is 11.1 Å². The van der Waals surface area contributed by atoms with E-state index in [1.54, 1.807) is 6.20 Å². The summed E-state index contributed by atoms with van der Waals surface area (Å²) in [6.07, 6.45) is 1.70. The van der Waals surface area contributed by atoms with E-state index < -0.39 is 0 Å². The number of carbonyl (C=O) groups is 1. The zero-order chi connectivity index (χ0) is 18.7. The van der Waals surface area contributed by atoms with Gasteiger partial charge >= 0.3 is 0 Å². The molecule has 0 bridgehead atoms. The molecule has 0 saturated heterocycles. The molecule has 3 aromatic rings. The molecule has 2 aromatic carbocycles. The predicted molar refractivity (Wildman–Crippen MR) is 110 cm³/mol. The lowest BCUT2D eigenvalue weighted by Gasteiger charge is -2.06. The molecule has 0 saturated carbocycles. The number of halogens is 1. The third kappa shape index (κ3) is 4.56. The van der Waals surface area contributed by atoms with Gasteiger partial charge in [-0.1, -0.05) is 39.8 Å². The molecule has 0 radical (unpaired) electrons. The van der Waals surface area contributed by atoms with Crippen LogP contribution in [0.4, 0.5) is 5.69 Å². The molecule has 1 aromatic heterocycles. The van der Waals surface area contributed by atoms with E-state index in [0.717, 1.165) is 21.3 Å². The maximum atomic E-state index is 12.1. The fourth-order valence-corrected chi connectivity index (χ4v) is 3.25. The molecule has 0 fully saturated rings. The van der Waals surface area contributed by atoms with E-state index in [1.165, 1.54) is 22.9 Å². The van der Waals surface area contributed by atoms with Gasteiger partial charge < -0.3 is 9.73 Å². The van der Waals surface area contributed by atoms with Crippen molar-refractivity contribution >= 4 is 39.3 Å². The van der Waals surface area contributed by atoms with Gasteiger partial charge in [0.2, 0.25) is 5.91 Å². The Kier molecular flexibility index (Phi) is 5.84. The van der Waals surface area contributed by atoms with Gasteiger partial charge in [-0.05, 0) is 61.7 Å². The highest BCUT2D eigenvalue weighted by Gasteiger charge is 2.11. The Labute approximate surface area is 165 Å². The molecule has 3 rings (SSSR count). The highest BCUT2D eigenvalue weighted by molar-refractivity contribution is 9.10. The van der Waals surface area contributed by atoms with Crippen molar-refractivity contribution in [3.63, 3.8) is 0 Å². The lowest BCUT2D eigenvalue weighted by Crippen LogP contribution is -2.14. The van der Waals surface area contributed by atoms with Gasteiger partial charge in [0, 0.05) is 15.7 Å². The smallest absolute Gasteiger partial charge is 0.256 e. The van der Waals surface area contributed by atoms with Gasteiger partial charge in [-0.25, -0.2) is 4.98 Å². The molecule has 1 heterocycles. The summed E-state index contributed by atoms with van der Waals surface area (Å²) in [4.78, 5) is 16.4. The van der Waals surface area contributed by atoms with Crippen LogP contribution in [-0.2, 0) is 4.79 Å². The number of hydrogen-bond donors (Lipinski definition) is 1. The lowest BCUT2D eigenvalue weighted by atomic mass is 10.1. The molecule has 0 aliphatic carbocycles. The number of hydrogen-bond acceptors (Lipinski definition) is 4. The molecular weight excluding hydrogens is 412 g/mol. The summed E-state index contributed by atoms with van der Waals surface area (Å²) in [5.41, 5.74) is 5.28. The number of aromatic nitrogens is 1. The molecule has 0 aliphatic rings. The van der Waals surface area contributed by atoms with E-state index in [4.69, 9.17) is 4.42 Å². The summed E-state index contributed by atoms with van der Waals surface area (Å²) in [6, 6.07) is 11.9. The zero-order valence-corrected chi connectivity index (χ0v) is 17.2. The monoisotopic (exact) mass is 430 g/mol.